The Labute approximate surface area is 93.9 Å². The Bertz CT molecular complexity index is 409. The molecule has 0 bridgehead atoms. The zero-order valence-electron chi connectivity index (χ0n) is 9.32. The number of rotatable bonds is 4. The van der Waals surface area contributed by atoms with E-state index in [1.165, 1.54) is 13.0 Å². The van der Waals surface area contributed by atoms with Gasteiger partial charge in [-0.05, 0) is 25.5 Å². The molecule has 0 aliphatic heterocycles. The maximum Gasteiger partial charge on any atom is 0.342 e. The molecular formula is C12H14O4. The lowest BCUT2D eigenvalue weighted by atomic mass is 10.0. The number of hydrogen-bond donors (Lipinski definition) is 1. The highest BCUT2D eigenvalue weighted by molar-refractivity contribution is 5.95. The van der Waals surface area contributed by atoms with Crippen molar-refractivity contribution >= 4 is 11.8 Å². The number of hydrogen-bond acceptors (Lipinski definition) is 4. The maximum absolute atomic E-state index is 11.6. The summed E-state index contributed by atoms with van der Waals surface area (Å²) in [6.45, 7) is 3.34. The van der Waals surface area contributed by atoms with Crippen molar-refractivity contribution in [1.82, 2.24) is 0 Å². The van der Waals surface area contributed by atoms with Gasteiger partial charge in [-0.1, -0.05) is 12.1 Å². The summed E-state index contributed by atoms with van der Waals surface area (Å²) in [4.78, 5) is 22.6. The van der Waals surface area contributed by atoms with E-state index in [2.05, 4.69) is 0 Å². The van der Waals surface area contributed by atoms with Gasteiger partial charge in [0.25, 0.3) is 0 Å². The molecule has 1 N–H and O–H groups in total. The molecule has 0 aliphatic carbocycles. The van der Waals surface area contributed by atoms with Crippen molar-refractivity contribution in [2.75, 3.05) is 6.61 Å². The van der Waals surface area contributed by atoms with Crippen LogP contribution in [-0.2, 0) is 16.0 Å². The molecule has 1 aromatic carbocycles. The number of Topliss-reactive ketones (excluding diaryl/α,β-unsaturated/α-hetero) is 1. The molecule has 0 saturated carbocycles. The summed E-state index contributed by atoms with van der Waals surface area (Å²) in [5.74, 6) is -0.829. The maximum atomic E-state index is 11.6. The van der Waals surface area contributed by atoms with Crippen LogP contribution in [0.4, 0.5) is 0 Å². The molecule has 0 amide bonds. The van der Waals surface area contributed by atoms with Gasteiger partial charge in [0, 0.05) is 6.42 Å². The number of aromatic hydroxyl groups is 1. The first-order chi connectivity index (χ1) is 7.56. The van der Waals surface area contributed by atoms with Crippen LogP contribution in [0.25, 0.3) is 0 Å². The Balaban J connectivity index is 3.12. The molecule has 0 aliphatic rings. The molecule has 16 heavy (non-hydrogen) atoms. The summed E-state index contributed by atoms with van der Waals surface area (Å²) in [6.07, 6.45) is 0.114. The molecule has 0 aromatic heterocycles. The fourth-order valence-electron chi connectivity index (χ4n) is 1.44. The predicted molar refractivity (Wildman–Crippen MR) is 58.4 cm³/mol. The number of ether oxygens (including phenoxy) is 1. The fraction of sp³-hybridized carbons (Fsp3) is 0.333. The Morgan fingerprint density at radius 1 is 1.38 bits per heavy atom. The lowest BCUT2D eigenvalue weighted by Gasteiger charge is -2.09. The van der Waals surface area contributed by atoms with Crippen LogP contribution in [0.1, 0.15) is 29.8 Å². The van der Waals surface area contributed by atoms with Gasteiger partial charge in [0.2, 0.25) is 0 Å². The third-order valence-corrected chi connectivity index (χ3v) is 2.05. The molecular weight excluding hydrogens is 208 g/mol. The molecule has 1 aromatic rings. The van der Waals surface area contributed by atoms with Crippen LogP contribution in [-0.4, -0.2) is 23.5 Å². The Morgan fingerprint density at radius 2 is 2.06 bits per heavy atom. The minimum Gasteiger partial charge on any atom is -0.507 e. The van der Waals surface area contributed by atoms with Crippen molar-refractivity contribution < 1.29 is 19.4 Å². The number of esters is 1. The van der Waals surface area contributed by atoms with E-state index in [0.717, 1.165) is 0 Å². The normalized spacial score (nSPS) is 9.88. The second-order valence-electron chi connectivity index (χ2n) is 3.41. The van der Waals surface area contributed by atoms with E-state index in [4.69, 9.17) is 4.74 Å². The van der Waals surface area contributed by atoms with Crippen LogP contribution in [0.5, 0.6) is 5.75 Å². The number of carbonyl (C=O) groups excluding carboxylic acids is 2. The monoisotopic (exact) mass is 222 g/mol. The number of carbonyl (C=O) groups is 2. The van der Waals surface area contributed by atoms with Gasteiger partial charge >= 0.3 is 5.97 Å². The van der Waals surface area contributed by atoms with E-state index >= 15 is 0 Å². The number of phenols is 1. The number of ketones is 1. The van der Waals surface area contributed by atoms with Crippen LogP contribution < -0.4 is 0 Å². The quantitative estimate of drug-likeness (QED) is 0.787. The summed E-state index contributed by atoms with van der Waals surface area (Å²) in [7, 11) is 0. The first-order valence-corrected chi connectivity index (χ1v) is 5.03. The molecule has 0 atom stereocenters. The van der Waals surface area contributed by atoms with Gasteiger partial charge in [0.1, 0.15) is 17.1 Å². The molecule has 0 unspecified atom stereocenters. The zero-order valence-corrected chi connectivity index (χ0v) is 9.32. The van der Waals surface area contributed by atoms with Crippen LogP contribution in [0.2, 0.25) is 0 Å². The van der Waals surface area contributed by atoms with Crippen LogP contribution in [0, 0.1) is 0 Å². The van der Waals surface area contributed by atoms with Gasteiger partial charge in [-0.2, -0.15) is 0 Å². The molecule has 1 rings (SSSR count). The van der Waals surface area contributed by atoms with Gasteiger partial charge in [-0.15, -0.1) is 0 Å². The van der Waals surface area contributed by atoms with Crippen molar-refractivity contribution in [2.45, 2.75) is 20.3 Å². The van der Waals surface area contributed by atoms with Gasteiger partial charge in [0.15, 0.2) is 0 Å². The molecule has 0 radical (unpaired) electrons. The molecule has 4 nitrogen and oxygen atoms in total. The smallest absolute Gasteiger partial charge is 0.342 e. The van der Waals surface area contributed by atoms with E-state index in [0.29, 0.717) is 5.56 Å². The highest BCUT2D eigenvalue weighted by atomic mass is 16.5. The van der Waals surface area contributed by atoms with Crippen molar-refractivity contribution in [2.24, 2.45) is 0 Å². The molecule has 0 heterocycles. The van der Waals surface area contributed by atoms with Gasteiger partial charge in [-0.25, -0.2) is 4.79 Å². The highest BCUT2D eigenvalue weighted by Gasteiger charge is 2.17. The van der Waals surface area contributed by atoms with Crippen molar-refractivity contribution in [3.63, 3.8) is 0 Å². The number of phenolic OH excluding ortho intramolecular Hbond substituents is 1. The Kier molecular flexibility index (Phi) is 4.05. The van der Waals surface area contributed by atoms with Gasteiger partial charge < -0.3 is 9.84 Å². The van der Waals surface area contributed by atoms with Crippen molar-refractivity contribution in [1.29, 1.82) is 0 Å². The zero-order chi connectivity index (χ0) is 12.1. The number of benzene rings is 1. The molecule has 0 spiro atoms. The second kappa shape index (κ2) is 5.30. The topological polar surface area (TPSA) is 63.6 Å². The molecule has 0 fully saturated rings. The molecule has 4 heteroatoms. The summed E-state index contributed by atoms with van der Waals surface area (Å²) in [5, 5.41) is 9.59. The van der Waals surface area contributed by atoms with E-state index in [1.807, 2.05) is 0 Å². The van der Waals surface area contributed by atoms with Crippen molar-refractivity contribution in [3.8, 4) is 5.75 Å². The summed E-state index contributed by atoms with van der Waals surface area (Å²) >= 11 is 0. The largest absolute Gasteiger partial charge is 0.507 e. The highest BCUT2D eigenvalue weighted by Crippen LogP contribution is 2.22. The third kappa shape index (κ3) is 2.82. The first-order valence-electron chi connectivity index (χ1n) is 5.03. The van der Waals surface area contributed by atoms with Crippen molar-refractivity contribution in [3.05, 3.63) is 29.3 Å². The molecule has 86 valence electrons. The Morgan fingerprint density at radius 3 is 2.62 bits per heavy atom. The first kappa shape index (κ1) is 12.2. The average molecular weight is 222 g/mol. The van der Waals surface area contributed by atoms with E-state index < -0.39 is 5.97 Å². The predicted octanol–water partition coefficient (Wildman–Crippen LogP) is 1.70. The SMILES string of the molecule is CCOC(=O)c1c(O)cccc1CC(C)=O. The summed E-state index contributed by atoms with van der Waals surface area (Å²) in [6, 6.07) is 4.62. The average Bonchev–Trinajstić information content (AvgIpc) is 2.16. The lowest BCUT2D eigenvalue weighted by Crippen LogP contribution is -2.10. The van der Waals surface area contributed by atoms with Crippen LogP contribution in [0.15, 0.2) is 18.2 Å². The van der Waals surface area contributed by atoms with Gasteiger partial charge in [0.05, 0.1) is 6.61 Å². The summed E-state index contributed by atoms with van der Waals surface area (Å²) < 4.78 is 4.82. The van der Waals surface area contributed by atoms with E-state index in [1.54, 1.807) is 19.1 Å². The summed E-state index contributed by atoms with van der Waals surface area (Å²) in [5.41, 5.74) is 0.575. The lowest BCUT2D eigenvalue weighted by molar-refractivity contribution is -0.116. The minimum atomic E-state index is -0.600. The van der Waals surface area contributed by atoms with E-state index in [-0.39, 0.29) is 30.1 Å². The van der Waals surface area contributed by atoms with Crippen LogP contribution in [0.3, 0.4) is 0 Å². The van der Waals surface area contributed by atoms with E-state index in [9.17, 15) is 14.7 Å². The fourth-order valence-corrected chi connectivity index (χ4v) is 1.44. The van der Waals surface area contributed by atoms with Crippen LogP contribution >= 0.6 is 0 Å². The minimum absolute atomic E-state index is 0.0730. The Hall–Kier alpha value is -1.84. The second-order valence-corrected chi connectivity index (χ2v) is 3.41. The third-order valence-electron chi connectivity index (χ3n) is 2.05. The molecule has 0 saturated heterocycles. The standard InChI is InChI=1S/C12H14O4/c1-3-16-12(15)11-9(7-8(2)13)5-4-6-10(11)14/h4-6,14H,3,7H2,1-2H3. The van der Waals surface area contributed by atoms with Gasteiger partial charge in [-0.3, -0.25) is 4.79 Å².